The van der Waals surface area contributed by atoms with E-state index in [9.17, 15) is 9.59 Å². The molecule has 1 fully saturated rings. The van der Waals surface area contributed by atoms with Crippen LogP contribution in [0, 0.1) is 5.92 Å². The van der Waals surface area contributed by atoms with Crippen LogP contribution in [0.4, 0.5) is 11.4 Å². The molecule has 2 amide bonds. The Morgan fingerprint density at radius 1 is 1.10 bits per heavy atom. The van der Waals surface area contributed by atoms with E-state index < -0.39 is 5.92 Å². The van der Waals surface area contributed by atoms with Gasteiger partial charge in [0.2, 0.25) is 11.8 Å². The van der Waals surface area contributed by atoms with Crippen LogP contribution in [-0.4, -0.2) is 32.6 Å². The summed E-state index contributed by atoms with van der Waals surface area (Å²) < 4.78 is 10.5. The van der Waals surface area contributed by atoms with Crippen LogP contribution >= 0.6 is 0 Å². The van der Waals surface area contributed by atoms with Gasteiger partial charge in [-0.2, -0.15) is 0 Å². The Kier molecular flexibility index (Phi) is 6.42. The molecule has 0 bridgehead atoms. The molecule has 6 nitrogen and oxygen atoms in total. The molecule has 154 valence electrons. The first-order valence-electron chi connectivity index (χ1n) is 9.96. The molecule has 0 spiro atoms. The van der Waals surface area contributed by atoms with Crippen LogP contribution in [0.1, 0.15) is 31.4 Å². The molecule has 1 aliphatic rings. The van der Waals surface area contributed by atoms with Crippen molar-refractivity contribution in [2.24, 2.45) is 5.92 Å². The molecule has 1 saturated heterocycles. The Bertz CT molecular complexity index is 887. The third-order valence-corrected chi connectivity index (χ3v) is 5.40. The molecular formula is C23H28N2O4. The van der Waals surface area contributed by atoms with E-state index in [-0.39, 0.29) is 18.2 Å². The average Bonchev–Trinajstić information content (AvgIpc) is 3.14. The van der Waals surface area contributed by atoms with E-state index in [1.54, 1.807) is 37.3 Å². The summed E-state index contributed by atoms with van der Waals surface area (Å²) in [5.41, 5.74) is 3.80. The number of ether oxygens (including phenoxy) is 2. The van der Waals surface area contributed by atoms with Crippen LogP contribution in [0.3, 0.4) is 0 Å². The second-order valence-electron chi connectivity index (χ2n) is 7.09. The first kappa shape index (κ1) is 20.7. The van der Waals surface area contributed by atoms with E-state index in [1.807, 2.05) is 6.07 Å². The van der Waals surface area contributed by atoms with Gasteiger partial charge in [0, 0.05) is 24.7 Å². The summed E-state index contributed by atoms with van der Waals surface area (Å²) in [7, 11) is 3.11. The van der Waals surface area contributed by atoms with Crippen LogP contribution in [0.15, 0.2) is 36.4 Å². The second kappa shape index (κ2) is 8.99. The molecule has 1 N–H and O–H groups in total. The van der Waals surface area contributed by atoms with Gasteiger partial charge in [-0.25, -0.2) is 0 Å². The van der Waals surface area contributed by atoms with E-state index in [0.717, 1.165) is 29.7 Å². The van der Waals surface area contributed by atoms with Gasteiger partial charge >= 0.3 is 0 Å². The van der Waals surface area contributed by atoms with Crippen molar-refractivity contribution in [3.8, 4) is 11.5 Å². The molecule has 2 aromatic carbocycles. The summed E-state index contributed by atoms with van der Waals surface area (Å²) in [6.07, 6.45) is 1.88. The van der Waals surface area contributed by atoms with Gasteiger partial charge < -0.3 is 19.7 Å². The Morgan fingerprint density at radius 2 is 1.79 bits per heavy atom. The Labute approximate surface area is 171 Å². The number of rotatable bonds is 7. The predicted octanol–water partition coefficient (Wildman–Crippen LogP) is 3.82. The van der Waals surface area contributed by atoms with Crippen LogP contribution in [0.2, 0.25) is 0 Å². The number of hydrogen-bond acceptors (Lipinski definition) is 4. The molecule has 1 heterocycles. The normalized spacial score (nSPS) is 16.1. The first-order chi connectivity index (χ1) is 14.0. The monoisotopic (exact) mass is 396 g/mol. The van der Waals surface area contributed by atoms with Crippen LogP contribution < -0.4 is 19.7 Å². The highest BCUT2D eigenvalue weighted by Crippen LogP contribution is 2.34. The first-order valence-corrected chi connectivity index (χ1v) is 9.96. The Hall–Kier alpha value is -3.02. The lowest BCUT2D eigenvalue weighted by atomic mass is 10.0. The zero-order valence-electron chi connectivity index (χ0n) is 17.5. The standard InChI is InChI=1S/C23H28N2O4/c1-5-15-8-7-9-16(6-2)22(15)25-14-17(12-21(25)26)23(27)24-19-11-10-18(28-3)13-20(19)29-4/h7-11,13,17H,5-6,12,14H2,1-4H3,(H,24,27)/t17-/m0/s1. The van der Waals surface area contributed by atoms with E-state index >= 15 is 0 Å². The highest BCUT2D eigenvalue weighted by Gasteiger charge is 2.36. The number of benzene rings is 2. The van der Waals surface area contributed by atoms with Gasteiger partial charge in [-0.3, -0.25) is 9.59 Å². The fourth-order valence-corrected chi connectivity index (χ4v) is 3.80. The lowest BCUT2D eigenvalue weighted by molar-refractivity contribution is -0.122. The Balaban J connectivity index is 1.80. The molecule has 1 atom stereocenters. The summed E-state index contributed by atoms with van der Waals surface area (Å²) in [6, 6.07) is 11.4. The molecule has 0 aromatic heterocycles. The molecule has 29 heavy (non-hydrogen) atoms. The third-order valence-electron chi connectivity index (χ3n) is 5.40. The minimum Gasteiger partial charge on any atom is -0.497 e. The molecule has 0 aliphatic carbocycles. The number of anilines is 2. The van der Waals surface area contributed by atoms with Gasteiger partial charge in [0.15, 0.2) is 0 Å². The summed E-state index contributed by atoms with van der Waals surface area (Å²) in [6.45, 7) is 4.55. The number of nitrogens with one attached hydrogen (secondary N) is 1. The van der Waals surface area contributed by atoms with Gasteiger partial charge in [0.05, 0.1) is 25.8 Å². The van der Waals surface area contributed by atoms with Crippen LogP contribution in [-0.2, 0) is 22.4 Å². The predicted molar refractivity (Wildman–Crippen MR) is 114 cm³/mol. The lowest BCUT2D eigenvalue weighted by Gasteiger charge is -2.23. The highest BCUT2D eigenvalue weighted by molar-refractivity contribution is 6.04. The van der Waals surface area contributed by atoms with Gasteiger partial charge in [-0.15, -0.1) is 0 Å². The van der Waals surface area contributed by atoms with E-state index in [4.69, 9.17) is 9.47 Å². The molecule has 0 unspecified atom stereocenters. The number of amides is 2. The van der Waals surface area contributed by atoms with Crippen molar-refractivity contribution in [1.82, 2.24) is 0 Å². The summed E-state index contributed by atoms with van der Waals surface area (Å²) in [5.74, 6) is 0.552. The lowest BCUT2D eigenvalue weighted by Crippen LogP contribution is -2.29. The number of hydrogen-bond donors (Lipinski definition) is 1. The van der Waals surface area contributed by atoms with Crippen molar-refractivity contribution >= 4 is 23.2 Å². The summed E-state index contributed by atoms with van der Waals surface area (Å²) >= 11 is 0. The quantitative estimate of drug-likeness (QED) is 0.773. The molecule has 0 saturated carbocycles. The van der Waals surface area contributed by atoms with Crippen molar-refractivity contribution in [2.45, 2.75) is 33.1 Å². The molecule has 6 heteroatoms. The van der Waals surface area contributed by atoms with Crippen molar-refractivity contribution in [3.63, 3.8) is 0 Å². The number of carbonyl (C=O) groups excluding carboxylic acids is 2. The summed E-state index contributed by atoms with van der Waals surface area (Å²) in [4.78, 5) is 27.5. The highest BCUT2D eigenvalue weighted by atomic mass is 16.5. The van der Waals surface area contributed by atoms with Crippen LogP contribution in [0.5, 0.6) is 11.5 Å². The van der Waals surface area contributed by atoms with Crippen molar-refractivity contribution in [3.05, 3.63) is 47.5 Å². The maximum Gasteiger partial charge on any atom is 0.229 e. The van der Waals surface area contributed by atoms with E-state index in [1.165, 1.54) is 0 Å². The Morgan fingerprint density at radius 3 is 2.38 bits per heavy atom. The molecule has 0 radical (unpaired) electrons. The minimum absolute atomic E-state index is 0.0116. The largest absolute Gasteiger partial charge is 0.497 e. The molecule has 3 rings (SSSR count). The average molecular weight is 396 g/mol. The number of methoxy groups -OCH3 is 2. The topological polar surface area (TPSA) is 67.9 Å². The number of para-hydroxylation sites is 1. The van der Waals surface area contributed by atoms with Crippen molar-refractivity contribution < 1.29 is 19.1 Å². The smallest absolute Gasteiger partial charge is 0.229 e. The molecule has 1 aliphatic heterocycles. The fraction of sp³-hybridized carbons (Fsp3) is 0.391. The third kappa shape index (κ3) is 4.21. The fourth-order valence-electron chi connectivity index (χ4n) is 3.80. The van der Waals surface area contributed by atoms with E-state index in [0.29, 0.717) is 23.7 Å². The van der Waals surface area contributed by atoms with Crippen LogP contribution in [0.25, 0.3) is 0 Å². The maximum absolute atomic E-state index is 12.9. The van der Waals surface area contributed by atoms with Crippen molar-refractivity contribution in [2.75, 3.05) is 31.0 Å². The maximum atomic E-state index is 12.9. The number of nitrogens with zero attached hydrogens (tertiary/aromatic N) is 1. The number of carbonyl (C=O) groups is 2. The van der Waals surface area contributed by atoms with Gasteiger partial charge in [0.25, 0.3) is 0 Å². The zero-order chi connectivity index (χ0) is 21.0. The number of aryl methyl sites for hydroxylation is 2. The molecular weight excluding hydrogens is 368 g/mol. The summed E-state index contributed by atoms with van der Waals surface area (Å²) in [5, 5.41) is 2.91. The van der Waals surface area contributed by atoms with E-state index in [2.05, 4.69) is 31.3 Å². The SMILES string of the molecule is CCc1cccc(CC)c1N1C[C@@H](C(=O)Nc2ccc(OC)cc2OC)CC1=O. The van der Waals surface area contributed by atoms with Gasteiger partial charge in [0.1, 0.15) is 11.5 Å². The second-order valence-corrected chi connectivity index (χ2v) is 7.09. The van der Waals surface area contributed by atoms with Gasteiger partial charge in [-0.1, -0.05) is 32.0 Å². The zero-order valence-corrected chi connectivity index (χ0v) is 17.5. The minimum atomic E-state index is -0.413. The van der Waals surface area contributed by atoms with Gasteiger partial charge in [-0.05, 0) is 36.1 Å². The van der Waals surface area contributed by atoms with Crippen molar-refractivity contribution in [1.29, 1.82) is 0 Å². The molecule has 2 aromatic rings.